The number of halogens is 1. The highest BCUT2D eigenvalue weighted by Crippen LogP contribution is 2.34. The average Bonchev–Trinajstić information content (AvgIpc) is 3.57. The maximum absolute atomic E-state index is 14.3. The number of carbonyl (C=O) groups excluding carboxylic acids is 2. The second kappa shape index (κ2) is 9.11. The summed E-state index contributed by atoms with van der Waals surface area (Å²) in [6, 6.07) is 16.2. The molecule has 1 fully saturated rings. The van der Waals surface area contributed by atoms with E-state index in [1.807, 2.05) is 25.1 Å². The number of benzene rings is 3. The zero-order valence-electron chi connectivity index (χ0n) is 18.2. The number of aryl methyl sites for hydroxylation is 1. The van der Waals surface area contributed by atoms with Gasteiger partial charge >= 0.3 is 6.03 Å². The topological polar surface area (TPSA) is 92.3 Å². The van der Waals surface area contributed by atoms with Gasteiger partial charge in [-0.05, 0) is 61.7 Å². The summed E-state index contributed by atoms with van der Waals surface area (Å²) >= 11 is 1.36. The number of urea groups is 1. The summed E-state index contributed by atoms with van der Waals surface area (Å²) in [5.41, 5.74) is 2.34. The van der Waals surface area contributed by atoms with E-state index in [0.717, 1.165) is 28.6 Å². The molecule has 1 aliphatic rings. The molecule has 0 aliphatic heterocycles. The predicted octanol–water partition coefficient (Wildman–Crippen LogP) is 6.53. The van der Waals surface area contributed by atoms with Gasteiger partial charge in [-0.25, -0.2) is 14.2 Å². The number of ether oxygens (including phenoxy) is 1. The molecule has 3 N–H and O–H groups in total. The molecule has 0 radical (unpaired) electrons. The number of nitrogens with zero attached hydrogens (tertiary/aromatic N) is 1. The molecule has 34 heavy (non-hydrogen) atoms. The summed E-state index contributed by atoms with van der Waals surface area (Å²) < 4.78 is 21.0. The summed E-state index contributed by atoms with van der Waals surface area (Å²) in [6.45, 7) is 1.91. The molecular formula is C25H21FN4O3S. The molecule has 0 atom stereocenters. The Labute approximate surface area is 199 Å². The molecule has 0 bridgehead atoms. The van der Waals surface area contributed by atoms with Crippen LogP contribution in [-0.4, -0.2) is 16.9 Å². The molecule has 0 spiro atoms. The van der Waals surface area contributed by atoms with Crippen molar-refractivity contribution in [3.63, 3.8) is 0 Å². The van der Waals surface area contributed by atoms with Gasteiger partial charge in [-0.3, -0.25) is 4.79 Å². The Morgan fingerprint density at radius 3 is 2.59 bits per heavy atom. The van der Waals surface area contributed by atoms with Gasteiger partial charge in [0, 0.05) is 23.7 Å². The molecule has 1 aliphatic carbocycles. The average molecular weight is 477 g/mol. The van der Waals surface area contributed by atoms with Crippen molar-refractivity contribution in [2.24, 2.45) is 5.92 Å². The zero-order valence-corrected chi connectivity index (χ0v) is 19.0. The van der Waals surface area contributed by atoms with E-state index in [4.69, 9.17) is 4.74 Å². The van der Waals surface area contributed by atoms with Crippen LogP contribution >= 0.6 is 11.3 Å². The molecule has 172 valence electrons. The summed E-state index contributed by atoms with van der Waals surface area (Å²) in [5.74, 6) is 0.413. The van der Waals surface area contributed by atoms with E-state index >= 15 is 0 Å². The van der Waals surface area contributed by atoms with Crippen molar-refractivity contribution in [3.05, 3.63) is 72.0 Å². The molecule has 0 unspecified atom stereocenters. The Kier molecular flexibility index (Phi) is 5.85. The van der Waals surface area contributed by atoms with Gasteiger partial charge in [0.25, 0.3) is 0 Å². The molecule has 5 rings (SSSR count). The molecule has 1 heterocycles. The third-order valence-corrected chi connectivity index (χ3v) is 6.17. The standard InChI is InChI=1S/C25H21FN4O3S/c1-14-3-2-4-16(11-14)27-24(32)28-21-12-17(7-9-19(21)26)33-18-8-10-20-22(13-18)34-25(29-20)30-23(31)15-5-6-15/h2-4,7-13,15H,5-6H2,1H3,(H2,27,28,32)(H,29,30,31). The molecule has 3 amide bonds. The molecule has 0 saturated heterocycles. The first kappa shape index (κ1) is 21.8. The predicted molar refractivity (Wildman–Crippen MR) is 131 cm³/mol. The van der Waals surface area contributed by atoms with Gasteiger partial charge in [0.15, 0.2) is 5.13 Å². The number of carbonyl (C=O) groups is 2. The number of thiazole rings is 1. The SMILES string of the molecule is Cc1cccc(NC(=O)Nc2cc(Oc3ccc4nc(NC(=O)C5CC5)sc4c3)ccc2F)c1. The van der Waals surface area contributed by atoms with Crippen molar-refractivity contribution in [2.75, 3.05) is 16.0 Å². The Bertz CT molecular complexity index is 1400. The van der Waals surface area contributed by atoms with E-state index in [1.54, 1.807) is 24.3 Å². The van der Waals surface area contributed by atoms with Crippen LogP contribution in [-0.2, 0) is 4.79 Å². The van der Waals surface area contributed by atoms with E-state index < -0.39 is 11.8 Å². The van der Waals surface area contributed by atoms with Gasteiger partial charge in [-0.15, -0.1) is 0 Å². The zero-order chi connectivity index (χ0) is 23.7. The smallest absolute Gasteiger partial charge is 0.323 e. The molecule has 1 saturated carbocycles. The summed E-state index contributed by atoms with van der Waals surface area (Å²) in [5, 5.41) is 8.60. The molecule has 3 aromatic carbocycles. The normalized spacial score (nSPS) is 12.9. The van der Waals surface area contributed by atoms with Crippen molar-refractivity contribution in [1.29, 1.82) is 0 Å². The highest BCUT2D eigenvalue weighted by Gasteiger charge is 2.30. The summed E-state index contributed by atoms with van der Waals surface area (Å²) in [4.78, 5) is 28.7. The van der Waals surface area contributed by atoms with Crippen LogP contribution in [0.5, 0.6) is 11.5 Å². The number of fused-ring (bicyclic) bond motifs is 1. The lowest BCUT2D eigenvalue weighted by Gasteiger charge is -2.11. The fraction of sp³-hybridized carbons (Fsp3) is 0.160. The first-order valence-electron chi connectivity index (χ1n) is 10.8. The minimum atomic E-state index is -0.583. The quantitative estimate of drug-likeness (QED) is 0.295. The lowest BCUT2D eigenvalue weighted by molar-refractivity contribution is -0.117. The van der Waals surface area contributed by atoms with Crippen LogP contribution in [0.4, 0.5) is 25.7 Å². The van der Waals surface area contributed by atoms with E-state index in [9.17, 15) is 14.0 Å². The lowest BCUT2D eigenvalue weighted by atomic mass is 10.2. The van der Waals surface area contributed by atoms with Gasteiger partial charge in [0.2, 0.25) is 5.91 Å². The minimum absolute atomic E-state index is 0.00769. The van der Waals surface area contributed by atoms with Crippen LogP contribution in [0.1, 0.15) is 18.4 Å². The number of hydrogen-bond donors (Lipinski definition) is 3. The molecule has 4 aromatic rings. The van der Waals surface area contributed by atoms with Crippen LogP contribution < -0.4 is 20.7 Å². The van der Waals surface area contributed by atoms with E-state index in [0.29, 0.717) is 22.3 Å². The van der Waals surface area contributed by atoms with E-state index in [1.165, 1.54) is 29.5 Å². The third-order valence-electron chi connectivity index (χ3n) is 5.24. The van der Waals surface area contributed by atoms with Crippen LogP contribution in [0.3, 0.4) is 0 Å². The second-order valence-electron chi connectivity index (χ2n) is 8.10. The number of anilines is 3. The van der Waals surface area contributed by atoms with Crippen molar-refractivity contribution >= 4 is 50.0 Å². The van der Waals surface area contributed by atoms with E-state index in [-0.39, 0.29) is 17.5 Å². The van der Waals surface area contributed by atoms with Crippen LogP contribution in [0.2, 0.25) is 0 Å². The number of rotatable bonds is 6. The van der Waals surface area contributed by atoms with Gasteiger partial charge in [0.1, 0.15) is 17.3 Å². The number of nitrogens with one attached hydrogen (secondary N) is 3. The Morgan fingerprint density at radius 1 is 1.00 bits per heavy atom. The van der Waals surface area contributed by atoms with Gasteiger partial charge < -0.3 is 20.7 Å². The Morgan fingerprint density at radius 2 is 1.79 bits per heavy atom. The van der Waals surface area contributed by atoms with Crippen LogP contribution in [0, 0.1) is 18.7 Å². The first-order valence-corrected chi connectivity index (χ1v) is 11.6. The number of aromatic nitrogens is 1. The number of amides is 3. The highest BCUT2D eigenvalue weighted by molar-refractivity contribution is 7.22. The first-order chi connectivity index (χ1) is 16.4. The molecule has 7 nitrogen and oxygen atoms in total. The van der Waals surface area contributed by atoms with Crippen molar-refractivity contribution < 1.29 is 18.7 Å². The fourth-order valence-corrected chi connectivity index (χ4v) is 4.28. The van der Waals surface area contributed by atoms with E-state index in [2.05, 4.69) is 20.9 Å². The Hall–Kier alpha value is -3.98. The van der Waals surface area contributed by atoms with Crippen LogP contribution in [0.25, 0.3) is 10.2 Å². The third kappa shape index (κ3) is 5.15. The van der Waals surface area contributed by atoms with Crippen molar-refractivity contribution in [3.8, 4) is 11.5 Å². The maximum Gasteiger partial charge on any atom is 0.323 e. The van der Waals surface area contributed by atoms with Gasteiger partial charge in [-0.1, -0.05) is 23.5 Å². The van der Waals surface area contributed by atoms with Gasteiger partial charge in [-0.2, -0.15) is 0 Å². The Balaban J connectivity index is 1.28. The summed E-state index contributed by atoms with van der Waals surface area (Å²) in [7, 11) is 0. The lowest BCUT2D eigenvalue weighted by Crippen LogP contribution is -2.20. The molecule has 1 aromatic heterocycles. The monoisotopic (exact) mass is 476 g/mol. The van der Waals surface area contributed by atoms with Crippen molar-refractivity contribution in [2.45, 2.75) is 19.8 Å². The maximum atomic E-state index is 14.3. The fourth-order valence-electron chi connectivity index (χ4n) is 3.38. The minimum Gasteiger partial charge on any atom is -0.457 e. The summed E-state index contributed by atoms with van der Waals surface area (Å²) in [6.07, 6.45) is 1.85. The molecule has 9 heteroatoms. The number of hydrogen-bond acceptors (Lipinski definition) is 5. The highest BCUT2D eigenvalue weighted by atomic mass is 32.1. The van der Waals surface area contributed by atoms with Gasteiger partial charge in [0.05, 0.1) is 15.9 Å². The second-order valence-corrected chi connectivity index (χ2v) is 9.14. The van der Waals surface area contributed by atoms with Crippen LogP contribution in [0.15, 0.2) is 60.7 Å². The largest absolute Gasteiger partial charge is 0.457 e. The van der Waals surface area contributed by atoms with Crippen molar-refractivity contribution in [1.82, 2.24) is 4.98 Å². The molecular weight excluding hydrogens is 455 g/mol.